The van der Waals surface area contributed by atoms with Crippen molar-refractivity contribution >= 4 is 12.0 Å². The number of ether oxygens (including phenoxy) is 1. The highest BCUT2D eigenvalue weighted by Crippen LogP contribution is 2.38. The Morgan fingerprint density at radius 2 is 2.00 bits per heavy atom. The Labute approximate surface area is 125 Å². The number of carbonyl (C=O) groups is 2. The number of alkyl halides is 3. The predicted octanol–water partition coefficient (Wildman–Crippen LogP) is 1.32. The van der Waals surface area contributed by atoms with Gasteiger partial charge in [0, 0.05) is 26.7 Å². The molecule has 3 atom stereocenters. The predicted molar refractivity (Wildman–Crippen MR) is 69.2 cm³/mol. The second-order valence-electron chi connectivity index (χ2n) is 5.80. The van der Waals surface area contributed by atoms with E-state index in [-0.39, 0.29) is 12.6 Å². The average molecular weight is 324 g/mol. The molecule has 1 aliphatic carbocycles. The monoisotopic (exact) mass is 324 g/mol. The van der Waals surface area contributed by atoms with Crippen molar-refractivity contribution in [3.05, 3.63) is 0 Å². The van der Waals surface area contributed by atoms with E-state index in [1.54, 1.807) is 0 Å². The van der Waals surface area contributed by atoms with E-state index in [2.05, 4.69) is 5.32 Å². The lowest BCUT2D eigenvalue weighted by molar-refractivity contribution is -0.187. The van der Waals surface area contributed by atoms with Gasteiger partial charge in [-0.3, -0.25) is 4.79 Å². The van der Waals surface area contributed by atoms with Crippen LogP contribution in [0.25, 0.3) is 0 Å². The first kappa shape index (κ1) is 16.9. The van der Waals surface area contributed by atoms with E-state index in [4.69, 9.17) is 9.84 Å². The molecule has 0 radical (unpaired) electrons. The first-order valence-corrected chi connectivity index (χ1v) is 7.09. The van der Waals surface area contributed by atoms with Crippen LogP contribution in [0.2, 0.25) is 0 Å². The topological polar surface area (TPSA) is 78.9 Å². The molecule has 1 aliphatic heterocycles. The standard InChI is InChI=1S/C13H19F3N2O4/c1-22-10(7-2-3-7)4-17-12(21)18-5-8(11(19)20)9(6-18)13(14,15)16/h7-10H,2-6H2,1H3,(H,17,21)(H,19,20)/t8-,9-,10?/m1/s1. The molecule has 9 heteroatoms. The summed E-state index contributed by atoms with van der Waals surface area (Å²) in [5.74, 6) is -4.81. The van der Waals surface area contributed by atoms with Crippen LogP contribution in [0.5, 0.6) is 0 Å². The summed E-state index contributed by atoms with van der Waals surface area (Å²) in [5.41, 5.74) is 0. The number of carbonyl (C=O) groups excluding carboxylic acids is 1. The number of nitrogens with zero attached hydrogens (tertiary/aromatic N) is 1. The van der Waals surface area contributed by atoms with E-state index < -0.39 is 43.1 Å². The maximum absolute atomic E-state index is 12.8. The molecule has 2 rings (SSSR count). The van der Waals surface area contributed by atoms with Crippen molar-refractivity contribution in [2.24, 2.45) is 17.8 Å². The number of carboxylic acids is 1. The number of rotatable bonds is 5. The van der Waals surface area contributed by atoms with Gasteiger partial charge < -0.3 is 20.1 Å². The van der Waals surface area contributed by atoms with E-state index in [1.165, 1.54) is 7.11 Å². The first-order chi connectivity index (χ1) is 10.2. The summed E-state index contributed by atoms with van der Waals surface area (Å²) in [6, 6.07) is -0.680. The zero-order valence-corrected chi connectivity index (χ0v) is 12.1. The number of hydrogen-bond acceptors (Lipinski definition) is 3. The fraction of sp³-hybridized carbons (Fsp3) is 0.846. The second-order valence-corrected chi connectivity index (χ2v) is 5.80. The Bertz CT molecular complexity index is 439. The number of nitrogens with one attached hydrogen (secondary N) is 1. The van der Waals surface area contributed by atoms with Crippen molar-refractivity contribution in [2.45, 2.75) is 25.1 Å². The Morgan fingerprint density at radius 1 is 1.36 bits per heavy atom. The lowest BCUT2D eigenvalue weighted by atomic mass is 9.96. The van der Waals surface area contributed by atoms with E-state index >= 15 is 0 Å². The third kappa shape index (κ3) is 3.82. The van der Waals surface area contributed by atoms with Gasteiger partial charge in [-0.25, -0.2) is 4.79 Å². The van der Waals surface area contributed by atoms with Crippen LogP contribution < -0.4 is 5.32 Å². The van der Waals surface area contributed by atoms with Crippen molar-refractivity contribution < 1.29 is 32.6 Å². The zero-order chi connectivity index (χ0) is 16.5. The van der Waals surface area contributed by atoms with Crippen molar-refractivity contribution in [1.82, 2.24) is 10.2 Å². The van der Waals surface area contributed by atoms with Crippen LogP contribution in [-0.4, -0.2) is 61.0 Å². The smallest absolute Gasteiger partial charge is 0.394 e. The molecule has 1 unspecified atom stereocenters. The molecular weight excluding hydrogens is 305 g/mol. The lowest BCUT2D eigenvalue weighted by Crippen LogP contribution is -2.43. The number of urea groups is 1. The quantitative estimate of drug-likeness (QED) is 0.799. The minimum atomic E-state index is -4.64. The van der Waals surface area contributed by atoms with Crippen LogP contribution >= 0.6 is 0 Å². The third-order valence-corrected chi connectivity index (χ3v) is 4.25. The van der Waals surface area contributed by atoms with E-state index in [0.29, 0.717) is 5.92 Å². The summed E-state index contributed by atoms with van der Waals surface area (Å²) >= 11 is 0. The van der Waals surface area contributed by atoms with Crippen LogP contribution in [0.4, 0.5) is 18.0 Å². The molecule has 0 aromatic rings. The van der Waals surface area contributed by atoms with Gasteiger partial charge >= 0.3 is 18.2 Å². The minimum absolute atomic E-state index is 0.153. The van der Waals surface area contributed by atoms with E-state index in [9.17, 15) is 22.8 Å². The van der Waals surface area contributed by atoms with Crippen LogP contribution in [0.1, 0.15) is 12.8 Å². The first-order valence-electron chi connectivity index (χ1n) is 7.09. The average Bonchev–Trinajstić information content (AvgIpc) is 3.14. The van der Waals surface area contributed by atoms with Crippen molar-refractivity contribution in [3.63, 3.8) is 0 Å². The molecule has 126 valence electrons. The van der Waals surface area contributed by atoms with Gasteiger partial charge in [0.05, 0.1) is 17.9 Å². The largest absolute Gasteiger partial charge is 0.481 e. The molecule has 1 saturated carbocycles. The van der Waals surface area contributed by atoms with Gasteiger partial charge in [0.2, 0.25) is 0 Å². The SMILES string of the molecule is COC(CNC(=O)N1C[C@@H](C(F)(F)F)[C@H](C(=O)O)C1)C1CC1. The summed E-state index contributed by atoms with van der Waals surface area (Å²) < 4.78 is 43.8. The summed E-state index contributed by atoms with van der Waals surface area (Å²) in [5, 5.41) is 11.4. The zero-order valence-electron chi connectivity index (χ0n) is 12.1. The molecule has 2 N–H and O–H groups in total. The third-order valence-electron chi connectivity index (χ3n) is 4.25. The van der Waals surface area contributed by atoms with Crippen LogP contribution in [0.15, 0.2) is 0 Å². The molecular formula is C13H19F3N2O4. The number of aliphatic carboxylic acids is 1. The number of amides is 2. The molecule has 0 aromatic carbocycles. The molecule has 0 bridgehead atoms. The molecule has 2 fully saturated rings. The summed E-state index contributed by atoms with van der Waals surface area (Å²) in [7, 11) is 1.52. The van der Waals surface area contributed by atoms with E-state index in [1.807, 2.05) is 0 Å². The highest BCUT2D eigenvalue weighted by Gasteiger charge is 2.53. The highest BCUT2D eigenvalue weighted by molar-refractivity contribution is 5.77. The van der Waals surface area contributed by atoms with Crippen molar-refractivity contribution in [2.75, 3.05) is 26.7 Å². The van der Waals surface area contributed by atoms with E-state index in [0.717, 1.165) is 17.7 Å². The Hall–Kier alpha value is -1.51. The minimum Gasteiger partial charge on any atom is -0.481 e. The molecule has 0 aromatic heterocycles. The van der Waals surface area contributed by atoms with Crippen molar-refractivity contribution in [3.8, 4) is 0 Å². The number of carboxylic acid groups (broad SMARTS) is 1. The Balaban J connectivity index is 1.91. The van der Waals surface area contributed by atoms with Crippen molar-refractivity contribution in [1.29, 1.82) is 0 Å². The maximum Gasteiger partial charge on any atom is 0.394 e. The van der Waals surface area contributed by atoms with Crippen LogP contribution in [-0.2, 0) is 9.53 Å². The van der Waals surface area contributed by atoms with Gasteiger partial charge in [-0.1, -0.05) is 0 Å². The Morgan fingerprint density at radius 3 is 2.41 bits per heavy atom. The molecule has 1 heterocycles. The maximum atomic E-state index is 12.8. The molecule has 22 heavy (non-hydrogen) atoms. The fourth-order valence-corrected chi connectivity index (χ4v) is 2.76. The molecule has 2 aliphatic rings. The number of halogens is 3. The number of methoxy groups -OCH3 is 1. The van der Waals surface area contributed by atoms with Gasteiger partial charge in [-0.05, 0) is 18.8 Å². The number of hydrogen-bond donors (Lipinski definition) is 2. The van der Waals surface area contributed by atoms with Crippen LogP contribution in [0.3, 0.4) is 0 Å². The number of likely N-dealkylation sites (tertiary alicyclic amines) is 1. The fourth-order valence-electron chi connectivity index (χ4n) is 2.76. The van der Waals surface area contributed by atoms with Gasteiger partial charge in [0.15, 0.2) is 0 Å². The second kappa shape index (κ2) is 6.31. The summed E-state index contributed by atoms with van der Waals surface area (Å²) in [6.45, 7) is -0.856. The molecule has 0 spiro atoms. The Kier molecular flexibility index (Phi) is 4.84. The van der Waals surface area contributed by atoms with Gasteiger partial charge in [-0.2, -0.15) is 13.2 Å². The summed E-state index contributed by atoms with van der Waals surface area (Å²) in [6.07, 6.45) is -2.77. The summed E-state index contributed by atoms with van der Waals surface area (Å²) in [4.78, 5) is 23.8. The van der Waals surface area contributed by atoms with Gasteiger partial charge in [-0.15, -0.1) is 0 Å². The van der Waals surface area contributed by atoms with Gasteiger partial charge in [0.25, 0.3) is 0 Å². The van der Waals surface area contributed by atoms with Gasteiger partial charge in [0.1, 0.15) is 0 Å². The normalized spacial score (nSPS) is 26.8. The van der Waals surface area contributed by atoms with Crippen LogP contribution in [0, 0.1) is 17.8 Å². The molecule has 1 saturated heterocycles. The molecule has 6 nitrogen and oxygen atoms in total. The highest BCUT2D eigenvalue weighted by atomic mass is 19.4. The lowest BCUT2D eigenvalue weighted by Gasteiger charge is -2.21. The molecule has 2 amide bonds.